The number of rotatable bonds is 12. The largest absolute Gasteiger partial charge is 0.354 e. The van der Waals surface area contributed by atoms with Crippen LogP contribution in [0.1, 0.15) is 24.5 Å². The summed E-state index contributed by atoms with van der Waals surface area (Å²) in [7, 11) is -3.95. The van der Waals surface area contributed by atoms with E-state index in [4.69, 9.17) is 34.8 Å². The molecule has 0 unspecified atom stereocenters. The minimum atomic E-state index is -3.95. The average Bonchev–Trinajstić information content (AvgIpc) is 2.89. The van der Waals surface area contributed by atoms with Gasteiger partial charge < -0.3 is 10.2 Å². The topological polar surface area (TPSA) is 86.8 Å². The lowest BCUT2D eigenvalue weighted by Crippen LogP contribution is -2.53. The fourth-order valence-electron chi connectivity index (χ4n) is 4.01. The van der Waals surface area contributed by atoms with E-state index in [9.17, 15) is 18.0 Å². The third-order valence-corrected chi connectivity index (χ3v) is 8.01. The lowest BCUT2D eigenvalue weighted by molar-refractivity contribution is -0.140. The van der Waals surface area contributed by atoms with Gasteiger partial charge in [0.05, 0.1) is 17.0 Å². The molecule has 0 heterocycles. The Bertz CT molecular complexity index is 1400. The van der Waals surface area contributed by atoms with Crippen molar-refractivity contribution >= 4 is 62.3 Å². The van der Waals surface area contributed by atoms with Gasteiger partial charge >= 0.3 is 0 Å². The van der Waals surface area contributed by atoms with E-state index in [1.165, 1.54) is 23.1 Å². The summed E-state index contributed by atoms with van der Waals surface area (Å²) >= 11 is 18.8. The number of benzene rings is 3. The molecule has 0 fully saturated rings. The van der Waals surface area contributed by atoms with Gasteiger partial charge in [0.1, 0.15) is 12.6 Å². The van der Waals surface area contributed by atoms with Gasteiger partial charge in [0.2, 0.25) is 21.8 Å². The van der Waals surface area contributed by atoms with Crippen molar-refractivity contribution in [1.82, 2.24) is 10.2 Å². The predicted octanol–water partition coefficient (Wildman–Crippen LogP) is 5.58. The lowest BCUT2D eigenvalue weighted by atomic mass is 10.0. The van der Waals surface area contributed by atoms with Gasteiger partial charge in [0.15, 0.2) is 0 Å². The van der Waals surface area contributed by atoms with E-state index in [2.05, 4.69) is 5.32 Å². The van der Waals surface area contributed by atoms with Crippen LogP contribution in [0.4, 0.5) is 5.69 Å². The van der Waals surface area contributed by atoms with Crippen molar-refractivity contribution in [3.05, 3.63) is 99.0 Å². The second-order valence-corrected chi connectivity index (χ2v) is 12.1. The van der Waals surface area contributed by atoms with Crippen LogP contribution in [0.5, 0.6) is 0 Å². The molecule has 0 saturated carbocycles. The molecule has 3 aromatic carbocycles. The zero-order chi connectivity index (χ0) is 28.6. The molecular weight excluding hydrogens is 581 g/mol. The van der Waals surface area contributed by atoms with E-state index >= 15 is 0 Å². The van der Waals surface area contributed by atoms with Crippen molar-refractivity contribution in [2.24, 2.45) is 0 Å². The maximum Gasteiger partial charge on any atom is 0.244 e. The smallest absolute Gasteiger partial charge is 0.244 e. The highest BCUT2D eigenvalue weighted by Crippen LogP contribution is 2.31. The minimum absolute atomic E-state index is 0.0124. The Morgan fingerprint density at radius 2 is 1.59 bits per heavy atom. The van der Waals surface area contributed by atoms with E-state index in [0.29, 0.717) is 28.6 Å². The monoisotopic (exact) mass is 609 g/mol. The number of sulfonamides is 1. The maximum atomic E-state index is 14.0. The van der Waals surface area contributed by atoms with Gasteiger partial charge in [-0.05, 0) is 41.8 Å². The van der Waals surface area contributed by atoms with E-state index in [-0.39, 0.29) is 29.6 Å². The number of hydrogen-bond acceptors (Lipinski definition) is 4. The van der Waals surface area contributed by atoms with Crippen LogP contribution in [0.15, 0.2) is 72.8 Å². The first-order valence-corrected chi connectivity index (χ1v) is 15.3. The molecule has 39 heavy (non-hydrogen) atoms. The number of nitrogens with one attached hydrogen (secondary N) is 1. The van der Waals surface area contributed by atoms with E-state index < -0.39 is 28.5 Å². The molecule has 11 heteroatoms. The average molecular weight is 611 g/mol. The number of halogens is 3. The Kier molecular flexibility index (Phi) is 11.1. The summed E-state index contributed by atoms with van der Waals surface area (Å²) in [6.07, 6.45) is 1.91. The van der Waals surface area contributed by atoms with Gasteiger partial charge in [-0.2, -0.15) is 0 Å². The van der Waals surface area contributed by atoms with Crippen molar-refractivity contribution in [1.29, 1.82) is 0 Å². The molecule has 3 rings (SSSR count). The third kappa shape index (κ3) is 8.60. The quantitative estimate of drug-likeness (QED) is 0.290. The minimum Gasteiger partial charge on any atom is -0.354 e. The van der Waals surface area contributed by atoms with E-state index in [1.807, 2.05) is 37.3 Å². The van der Waals surface area contributed by atoms with Gasteiger partial charge in [0.25, 0.3) is 0 Å². The Hall–Kier alpha value is -2.78. The van der Waals surface area contributed by atoms with Crippen LogP contribution >= 0.6 is 34.8 Å². The maximum absolute atomic E-state index is 14.0. The summed E-state index contributed by atoms with van der Waals surface area (Å²) in [5.74, 6) is -0.949. The molecule has 2 amide bonds. The molecule has 1 atom stereocenters. The fraction of sp³-hybridized carbons (Fsp3) is 0.286. The zero-order valence-corrected chi connectivity index (χ0v) is 24.7. The van der Waals surface area contributed by atoms with Crippen molar-refractivity contribution in [3.63, 3.8) is 0 Å². The highest BCUT2D eigenvalue weighted by molar-refractivity contribution is 7.92. The van der Waals surface area contributed by atoms with Crippen LogP contribution in [-0.2, 0) is 32.6 Å². The Balaban J connectivity index is 2.07. The van der Waals surface area contributed by atoms with E-state index in [1.54, 1.807) is 24.3 Å². The van der Waals surface area contributed by atoms with Crippen molar-refractivity contribution in [2.45, 2.75) is 32.4 Å². The van der Waals surface area contributed by atoms with Crippen molar-refractivity contribution in [3.8, 4) is 0 Å². The van der Waals surface area contributed by atoms with Crippen LogP contribution in [-0.4, -0.2) is 50.5 Å². The third-order valence-electron chi connectivity index (χ3n) is 5.98. The Labute approximate surface area is 244 Å². The van der Waals surface area contributed by atoms with Crippen molar-refractivity contribution < 1.29 is 18.0 Å². The SMILES string of the molecule is CCCNC(=O)[C@H](Cc1ccccc1)N(Cc1ccccc1Cl)C(=O)CN(c1ccc(Cl)cc1Cl)S(C)(=O)=O. The van der Waals surface area contributed by atoms with Crippen LogP contribution in [0.2, 0.25) is 15.1 Å². The molecule has 0 radical (unpaired) electrons. The first kappa shape index (κ1) is 30.8. The van der Waals surface area contributed by atoms with E-state index in [0.717, 1.165) is 16.1 Å². The van der Waals surface area contributed by atoms with Gasteiger partial charge in [-0.3, -0.25) is 13.9 Å². The molecule has 0 saturated heterocycles. The number of amides is 2. The summed E-state index contributed by atoms with van der Waals surface area (Å²) in [6.45, 7) is 1.76. The molecule has 208 valence electrons. The predicted molar refractivity (Wildman–Crippen MR) is 158 cm³/mol. The van der Waals surface area contributed by atoms with Crippen LogP contribution in [0, 0.1) is 0 Å². The Morgan fingerprint density at radius 3 is 2.21 bits per heavy atom. The summed E-state index contributed by atoms with van der Waals surface area (Å²) in [5.41, 5.74) is 1.56. The molecule has 7 nitrogen and oxygen atoms in total. The lowest BCUT2D eigenvalue weighted by Gasteiger charge is -2.33. The summed E-state index contributed by atoms with van der Waals surface area (Å²) in [4.78, 5) is 28.8. The Morgan fingerprint density at radius 1 is 0.923 bits per heavy atom. The molecule has 0 aliphatic heterocycles. The standard InChI is InChI=1S/C28H30Cl3N3O4S/c1-3-15-32-28(36)26(16-20-9-5-4-6-10-20)33(18-21-11-7-8-12-23(21)30)27(35)19-34(39(2,37)38)25-14-13-22(29)17-24(25)31/h4-14,17,26H,3,15-16,18-19H2,1-2H3,(H,32,36)/t26-/m0/s1. The number of carbonyl (C=O) groups is 2. The molecule has 3 aromatic rings. The first-order chi connectivity index (χ1) is 18.5. The number of anilines is 1. The van der Waals surface area contributed by atoms with Crippen LogP contribution < -0.4 is 9.62 Å². The van der Waals surface area contributed by atoms with Gasteiger partial charge in [0, 0.05) is 29.6 Å². The number of nitrogens with zero attached hydrogens (tertiary/aromatic N) is 2. The number of hydrogen-bond donors (Lipinski definition) is 1. The number of carbonyl (C=O) groups excluding carboxylic acids is 2. The van der Waals surface area contributed by atoms with Crippen molar-refractivity contribution in [2.75, 3.05) is 23.7 Å². The fourth-order valence-corrected chi connectivity index (χ4v) is 5.63. The molecule has 0 bridgehead atoms. The summed E-state index contributed by atoms with van der Waals surface area (Å²) < 4.78 is 26.6. The molecular formula is C28H30Cl3N3O4S. The molecule has 0 aliphatic carbocycles. The van der Waals surface area contributed by atoms with Gasteiger partial charge in [-0.15, -0.1) is 0 Å². The molecule has 0 aromatic heterocycles. The highest BCUT2D eigenvalue weighted by Gasteiger charge is 2.33. The molecule has 0 aliphatic rings. The molecule has 1 N–H and O–H groups in total. The second kappa shape index (κ2) is 14.0. The van der Waals surface area contributed by atoms with Gasteiger partial charge in [-0.1, -0.05) is 90.3 Å². The summed E-state index contributed by atoms with van der Waals surface area (Å²) in [6, 6.07) is 19.7. The van der Waals surface area contributed by atoms with Crippen LogP contribution in [0.3, 0.4) is 0 Å². The molecule has 0 spiro atoms. The first-order valence-electron chi connectivity index (χ1n) is 12.3. The van der Waals surface area contributed by atoms with Gasteiger partial charge in [-0.25, -0.2) is 8.42 Å². The highest BCUT2D eigenvalue weighted by atomic mass is 35.5. The van der Waals surface area contributed by atoms with Crippen LogP contribution in [0.25, 0.3) is 0 Å². The zero-order valence-electron chi connectivity index (χ0n) is 21.6. The summed E-state index contributed by atoms with van der Waals surface area (Å²) in [5, 5.41) is 3.69. The second-order valence-electron chi connectivity index (χ2n) is 8.97. The normalized spacial score (nSPS) is 12.0.